The van der Waals surface area contributed by atoms with Crippen molar-refractivity contribution < 1.29 is 9.84 Å². The third-order valence-electron chi connectivity index (χ3n) is 5.11. The molecule has 0 radical (unpaired) electrons. The molecule has 2 atom stereocenters. The summed E-state index contributed by atoms with van der Waals surface area (Å²) in [5.41, 5.74) is 3.85. The highest BCUT2D eigenvalue weighted by Gasteiger charge is 2.28. The Morgan fingerprint density at radius 3 is 2.53 bits per heavy atom. The molecule has 2 N–H and O–H groups in total. The summed E-state index contributed by atoms with van der Waals surface area (Å²) in [4.78, 5) is 4.98. The maximum Gasteiger partial charge on any atom is 0.162 e. The van der Waals surface area contributed by atoms with Crippen LogP contribution >= 0.6 is 27.5 Å². The summed E-state index contributed by atoms with van der Waals surface area (Å²) in [6.07, 6.45) is 0.393. The maximum atomic E-state index is 10.8. The van der Waals surface area contributed by atoms with Crippen molar-refractivity contribution in [2.24, 2.45) is 4.99 Å². The SMILES string of the molecule is CCOc1cccc([C@H]2CC(c3ccc(Br)cc3)=N[C@@H](c3ccc(Cl)cc3)N2)c1O. The Labute approximate surface area is 189 Å². The number of nitrogens with zero attached hydrogens (tertiary/aromatic N) is 1. The Morgan fingerprint density at radius 2 is 1.83 bits per heavy atom. The van der Waals surface area contributed by atoms with Gasteiger partial charge in [-0.05, 0) is 48.4 Å². The van der Waals surface area contributed by atoms with Gasteiger partial charge in [0.1, 0.15) is 6.17 Å². The van der Waals surface area contributed by atoms with Crippen molar-refractivity contribution in [1.29, 1.82) is 0 Å². The number of aromatic hydroxyl groups is 1. The van der Waals surface area contributed by atoms with Gasteiger partial charge in [0.05, 0.1) is 6.61 Å². The first-order valence-electron chi connectivity index (χ1n) is 9.84. The lowest BCUT2D eigenvalue weighted by atomic mass is 9.93. The molecule has 0 amide bonds. The van der Waals surface area contributed by atoms with E-state index in [2.05, 4.69) is 33.4 Å². The van der Waals surface area contributed by atoms with Gasteiger partial charge in [-0.25, -0.2) is 0 Å². The van der Waals surface area contributed by atoms with Crippen LogP contribution in [0.5, 0.6) is 11.5 Å². The quantitative estimate of drug-likeness (QED) is 0.438. The average Bonchev–Trinajstić information content (AvgIpc) is 2.76. The molecule has 0 aliphatic carbocycles. The zero-order valence-corrected chi connectivity index (χ0v) is 18.8. The number of para-hydroxylation sites is 1. The second-order valence-electron chi connectivity index (χ2n) is 7.09. The number of rotatable bonds is 5. The lowest BCUT2D eigenvalue weighted by Crippen LogP contribution is -2.33. The van der Waals surface area contributed by atoms with E-state index in [1.165, 1.54) is 0 Å². The number of hydrogen-bond acceptors (Lipinski definition) is 4. The molecule has 0 unspecified atom stereocenters. The zero-order chi connectivity index (χ0) is 21.1. The van der Waals surface area contributed by atoms with E-state index in [0.29, 0.717) is 23.8 Å². The van der Waals surface area contributed by atoms with Crippen LogP contribution in [0, 0.1) is 0 Å². The third-order valence-corrected chi connectivity index (χ3v) is 5.89. The summed E-state index contributed by atoms with van der Waals surface area (Å²) in [5.74, 6) is 0.663. The second kappa shape index (κ2) is 9.21. The molecule has 0 saturated carbocycles. The van der Waals surface area contributed by atoms with Gasteiger partial charge in [-0.2, -0.15) is 0 Å². The van der Waals surface area contributed by atoms with Gasteiger partial charge in [-0.1, -0.05) is 63.9 Å². The van der Waals surface area contributed by atoms with Gasteiger partial charge in [0.15, 0.2) is 11.5 Å². The molecule has 0 aromatic heterocycles. The number of ether oxygens (including phenoxy) is 1. The highest BCUT2D eigenvalue weighted by atomic mass is 79.9. The van der Waals surface area contributed by atoms with E-state index >= 15 is 0 Å². The molecule has 1 aliphatic rings. The molecule has 154 valence electrons. The van der Waals surface area contributed by atoms with Crippen molar-refractivity contribution >= 4 is 33.2 Å². The van der Waals surface area contributed by atoms with Gasteiger partial charge >= 0.3 is 0 Å². The molecule has 1 aliphatic heterocycles. The second-order valence-corrected chi connectivity index (χ2v) is 8.44. The topological polar surface area (TPSA) is 53.8 Å². The number of aliphatic imine (C=N–C) groups is 1. The molecule has 0 fully saturated rings. The van der Waals surface area contributed by atoms with E-state index in [9.17, 15) is 5.11 Å². The first-order chi connectivity index (χ1) is 14.5. The van der Waals surface area contributed by atoms with E-state index in [-0.39, 0.29) is 18.0 Å². The molecule has 0 bridgehead atoms. The Balaban J connectivity index is 1.74. The van der Waals surface area contributed by atoms with Crippen molar-refractivity contribution in [2.45, 2.75) is 25.6 Å². The normalized spacial score (nSPS) is 18.7. The predicted molar refractivity (Wildman–Crippen MR) is 125 cm³/mol. The predicted octanol–water partition coefficient (Wildman–Crippen LogP) is 6.43. The number of hydrogen-bond donors (Lipinski definition) is 2. The average molecular weight is 486 g/mol. The van der Waals surface area contributed by atoms with E-state index in [1.54, 1.807) is 6.07 Å². The molecule has 0 saturated heterocycles. The van der Waals surface area contributed by atoms with Crippen molar-refractivity contribution in [1.82, 2.24) is 5.32 Å². The first-order valence-corrected chi connectivity index (χ1v) is 11.0. The van der Waals surface area contributed by atoms with Crippen LogP contribution in [0.3, 0.4) is 0 Å². The molecule has 4 nitrogen and oxygen atoms in total. The highest BCUT2D eigenvalue weighted by Crippen LogP contribution is 2.39. The first kappa shape index (κ1) is 20.9. The van der Waals surface area contributed by atoms with E-state index in [1.807, 2.05) is 55.5 Å². The summed E-state index contributed by atoms with van der Waals surface area (Å²) >= 11 is 9.57. The summed E-state index contributed by atoms with van der Waals surface area (Å²) in [7, 11) is 0. The Bertz CT molecular complexity index is 1050. The Morgan fingerprint density at radius 1 is 1.10 bits per heavy atom. The fraction of sp³-hybridized carbons (Fsp3) is 0.208. The van der Waals surface area contributed by atoms with E-state index < -0.39 is 0 Å². The molecule has 6 heteroatoms. The molecule has 30 heavy (non-hydrogen) atoms. The highest BCUT2D eigenvalue weighted by molar-refractivity contribution is 9.10. The molecule has 1 heterocycles. The fourth-order valence-electron chi connectivity index (χ4n) is 3.63. The minimum atomic E-state index is -0.255. The third kappa shape index (κ3) is 4.53. The number of halogens is 2. The molecule has 3 aromatic carbocycles. The number of nitrogens with one attached hydrogen (secondary N) is 1. The summed E-state index contributed by atoms with van der Waals surface area (Å²) in [6, 6.07) is 21.3. The zero-order valence-electron chi connectivity index (χ0n) is 16.5. The van der Waals surface area contributed by atoms with E-state index in [0.717, 1.165) is 26.9 Å². The smallest absolute Gasteiger partial charge is 0.162 e. The van der Waals surface area contributed by atoms with Gasteiger partial charge < -0.3 is 9.84 Å². The monoisotopic (exact) mass is 484 g/mol. The van der Waals surface area contributed by atoms with Crippen LogP contribution in [0.4, 0.5) is 0 Å². The number of phenols is 1. The lowest BCUT2D eigenvalue weighted by molar-refractivity contribution is 0.313. The van der Waals surface area contributed by atoms with Crippen LogP contribution in [0.2, 0.25) is 5.02 Å². The number of phenolic OH excluding ortho intramolecular Hbond substituents is 1. The van der Waals surface area contributed by atoms with Crippen molar-refractivity contribution in [2.75, 3.05) is 6.61 Å². The minimum Gasteiger partial charge on any atom is -0.504 e. The van der Waals surface area contributed by atoms with Crippen LogP contribution in [-0.2, 0) is 0 Å². The van der Waals surface area contributed by atoms with Gasteiger partial charge in [0, 0.05) is 33.2 Å². The van der Waals surface area contributed by atoms with Gasteiger partial charge in [0.2, 0.25) is 0 Å². The van der Waals surface area contributed by atoms with Crippen LogP contribution in [0.15, 0.2) is 76.2 Å². The lowest BCUT2D eigenvalue weighted by Gasteiger charge is -2.31. The largest absolute Gasteiger partial charge is 0.504 e. The van der Waals surface area contributed by atoms with Gasteiger partial charge in [0.25, 0.3) is 0 Å². The Hall–Kier alpha value is -2.34. The molecule has 3 aromatic rings. The molecule has 0 spiro atoms. The van der Waals surface area contributed by atoms with Gasteiger partial charge in [-0.15, -0.1) is 0 Å². The van der Waals surface area contributed by atoms with Gasteiger partial charge in [-0.3, -0.25) is 10.3 Å². The van der Waals surface area contributed by atoms with Crippen LogP contribution in [0.1, 0.15) is 42.2 Å². The van der Waals surface area contributed by atoms with Crippen LogP contribution in [-0.4, -0.2) is 17.4 Å². The van der Waals surface area contributed by atoms with Crippen LogP contribution in [0.25, 0.3) is 0 Å². The van der Waals surface area contributed by atoms with Crippen molar-refractivity contribution in [3.05, 3.63) is 92.9 Å². The van der Waals surface area contributed by atoms with Crippen LogP contribution < -0.4 is 10.1 Å². The maximum absolute atomic E-state index is 10.8. The van der Waals surface area contributed by atoms with Crippen molar-refractivity contribution in [3.63, 3.8) is 0 Å². The van der Waals surface area contributed by atoms with Crippen molar-refractivity contribution in [3.8, 4) is 11.5 Å². The Kier molecular flexibility index (Phi) is 6.42. The van der Waals surface area contributed by atoms with E-state index in [4.69, 9.17) is 21.3 Å². The fourth-order valence-corrected chi connectivity index (χ4v) is 4.02. The molecular formula is C24H22BrClN2O2. The number of benzene rings is 3. The summed E-state index contributed by atoms with van der Waals surface area (Å²) in [5, 5.41) is 15.1. The standard InChI is InChI=1S/C24H22BrClN2O2/c1-2-30-22-5-3-4-19(23(22)29)21-14-20(15-6-10-17(25)11-7-15)27-24(28-21)16-8-12-18(26)13-9-16/h3-13,21,24,28-29H,2,14H2,1H3/t21-,24-/m1/s1. The summed E-state index contributed by atoms with van der Waals surface area (Å²) in [6.45, 7) is 2.40. The molecular weight excluding hydrogens is 464 g/mol. The summed E-state index contributed by atoms with van der Waals surface area (Å²) < 4.78 is 6.61. The minimum absolute atomic E-state index is 0.123. The molecule has 4 rings (SSSR count).